The Bertz CT molecular complexity index is 551. The second-order valence-electron chi connectivity index (χ2n) is 4.34. The highest BCUT2D eigenvalue weighted by Crippen LogP contribution is 2.25. The molecule has 0 saturated carbocycles. The molecular formula is C15H16N2. The molecule has 2 aromatic carbocycles. The Morgan fingerprint density at radius 2 is 1.59 bits per heavy atom. The van der Waals surface area contributed by atoms with Crippen molar-refractivity contribution in [3.8, 4) is 11.1 Å². The maximum Gasteiger partial charge on any atom is 0.123 e. The zero-order valence-electron chi connectivity index (χ0n) is 10.1. The minimum absolute atomic E-state index is 0.111. The summed E-state index contributed by atoms with van der Waals surface area (Å²) in [6, 6.07) is 14.1. The van der Waals surface area contributed by atoms with E-state index in [1.807, 2.05) is 24.3 Å². The van der Waals surface area contributed by atoms with E-state index in [4.69, 9.17) is 11.1 Å². The second-order valence-corrected chi connectivity index (χ2v) is 4.34. The van der Waals surface area contributed by atoms with Gasteiger partial charge in [0.25, 0.3) is 0 Å². The summed E-state index contributed by atoms with van der Waals surface area (Å²) in [5.74, 6) is 0.111. The van der Waals surface area contributed by atoms with Crippen molar-refractivity contribution in [3.05, 3.63) is 59.2 Å². The van der Waals surface area contributed by atoms with E-state index in [0.717, 1.165) is 16.7 Å². The number of nitrogen functional groups attached to an aromatic ring is 1. The summed E-state index contributed by atoms with van der Waals surface area (Å²) in [7, 11) is 0. The van der Waals surface area contributed by atoms with Crippen LogP contribution in [0.4, 0.5) is 0 Å². The monoisotopic (exact) mass is 224 g/mol. The van der Waals surface area contributed by atoms with Crippen LogP contribution in [-0.4, -0.2) is 5.84 Å². The Labute approximate surface area is 102 Å². The van der Waals surface area contributed by atoms with E-state index < -0.39 is 0 Å². The van der Waals surface area contributed by atoms with E-state index in [9.17, 15) is 0 Å². The first kappa shape index (κ1) is 11.4. The molecule has 2 aromatic rings. The van der Waals surface area contributed by atoms with Crippen molar-refractivity contribution in [2.45, 2.75) is 13.8 Å². The number of benzene rings is 2. The average Bonchev–Trinajstić information content (AvgIpc) is 2.27. The van der Waals surface area contributed by atoms with Gasteiger partial charge in [-0.1, -0.05) is 53.6 Å². The van der Waals surface area contributed by atoms with Gasteiger partial charge in [0, 0.05) is 5.56 Å². The summed E-state index contributed by atoms with van der Waals surface area (Å²) in [4.78, 5) is 0. The number of nitrogens with two attached hydrogens (primary N) is 1. The lowest BCUT2D eigenvalue weighted by molar-refractivity contribution is 1.37. The van der Waals surface area contributed by atoms with Crippen molar-refractivity contribution in [2.75, 3.05) is 0 Å². The third-order valence-electron chi connectivity index (χ3n) is 2.75. The number of amidine groups is 1. The minimum atomic E-state index is 0.111. The molecule has 0 atom stereocenters. The van der Waals surface area contributed by atoms with E-state index in [2.05, 4.69) is 32.0 Å². The molecule has 0 bridgehead atoms. The first-order chi connectivity index (χ1) is 8.08. The highest BCUT2D eigenvalue weighted by Gasteiger charge is 2.07. The Morgan fingerprint density at radius 1 is 1.00 bits per heavy atom. The molecule has 2 rings (SSSR count). The van der Waals surface area contributed by atoms with E-state index in [-0.39, 0.29) is 5.84 Å². The Hall–Kier alpha value is -2.09. The molecule has 86 valence electrons. The Morgan fingerprint density at radius 3 is 2.18 bits per heavy atom. The maximum atomic E-state index is 7.61. The highest BCUT2D eigenvalue weighted by atomic mass is 14.7. The molecule has 0 aromatic heterocycles. The molecule has 0 unspecified atom stereocenters. The molecule has 2 heteroatoms. The van der Waals surface area contributed by atoms with Crippen molar-refractivity contribution >= 4 is 5.84 Å². The maximum absolute atomic E-state index is 7.61. The van der Waals surface area contributed by atoms with E-state index >= 15 is 0 Å². The predicted octanol–water partition coefficient (Wildman–Crippen LogP) is 3.25. The molecule has 0 fully saturated rings. The van der Waals surface area contributed by atoms with Crippen LogP contribution >= 0.6 is 0 Å². The van der Waals surface area contributed by atoms with Crippen molar-refractivity contribution in [3.63, 3.8) is 0 Å². The summed E-state index contributed by atoms with van der Waals surface area (Å²) in [5, 5.41) is 7.61. The standard InChI is InChI=1S/C15H16N2/c1-10-7-11(2)9-12(8-10)13-5-3-4-6-14(13)15(16)17/h3-9H,1-2H3,(H3,16,17). The quantitative estimate of drug-likeness (QED) is 0.597. The van der Waals surface area contributed by atoms with Crippen molar-refractivity contribution in [1.29, 1.82) is 5.41 Å². The molecule has 0 saturated heterocycles. The summed E-state index contributed by atoms with van der Waals surface area (Å²) in [5.41, 5.74) is 11.0. The average molecular weight is 224 g/mol. The minimum Gasteiger partial charge on any atom is -0.384 e. The third kappa shape index (κ3) is 2.36. The van der Waals surface area contributed by atoms with Crippen LogP contribution in [0.5, 0.6) is 0 Å². The van der Waals surface area contributed by atoms with Crippen LogP contribution in [0.1, 0.15) is 16.7 Å². The topological polar surface area (TPSA) is 49.9 Å². The van der Waals surface area contributed by atoms with Gasteiger partial charge in [0.15, 0.2) is 0 Å². The molecule has 0 heterocycles. The Kier molecular flexibility index (Phi) is 2.96. The summed E-state index contributed by atoms with van der Waals surface area (Å²) >= 11 is 0. The number of nitrogens with one attached hydrogen (secondary N) is 1. The van der Waals surface area contributed by atoms with Crippen molar-refractivity contribution in [1.82, 2.24) is 0 Å². The lowest BCUT2D eigenvalue weighted by Crippen LogP contribution is -2.12. The number of aryl methyl sites for hydroxylation is 2. The van der Waals surface area contributed by atoms with Gasteiger partial charge in [0.2, 0.25) is 0 Å². The SMILES string of the molecule is Cc1cc(C)cc(-c2ccccc2C(=N)N)c1. The van der Waals surface area contributed by atoms with Gasteiger partial charge in [0.1, 0.15) is 5.84 Å². The summed E-state index contributed by atoms with van der Waals surface area (Å²) in [6.07, 6.45) is 0. The van der Waals surface area contributed by atoms with Crippen LogP contribution in [0.2, 0.25) is 0 Å². The van der Waals surface area contributed by atoms with E-state index in [1.165, 1.54) is 11.1 Å². The largest absolute Gasteiger partial charge is 0.384 e. The van der Waals surface area contributed by atoms with Gasteiger partial charge in [-0.05, 0) is 25.0 Å². The fourth-order valence-corrected chi connectivity index (χ4v) is 2.10. The van der Waals surface area contributed by atoms with Crippen LogP contribution in [0.3, 0.4) is 0 Å². The fraction of sp³-hybridized carbons (Fsp3) is 0.133. The third-order valence-corrected chi connectivity index (χ3v) is 2.75. The lowest BCUT2D eigenvalue weighted by atomic mass is 9.96. The normalized spacial score (nSPS) is 10.2. The molecule has 17 heavy (non-hydrogen) atoms. The van der Waals surface area contributed by atoms with E-state index in [1.54, 1.807) is 0 Å². The summed E-state index contributed by atoms with van der Waals surface area (Å²) in [6.45, 7) is 4.15. The van der Waals surface area contributed by atoms with Crippen LogP contribution in [-0.2, 0) is 0 Å². The molecule has 0 amide bonds. The molecule has 0 aliphatic rings. The van der Waals surface area contributed by atoms with Crippen molar-refractivity contribution in [2.24, 2.45) is 5.73 Å². The van der Waals surface area contributed by atoms with Gasteiger partial charge in [-0.2, -0.15) is 0 Å². The van der Waals surface area contributed by atoms with E-state index in [0.29, 0.717) is 0 Å². The zero-order chi connectivity index (χ0) is 12.4. The van der Waals surface area contributed by atoms with Crippen LogP contribution in [0.25, 0.3) is 11.1 Å². The first-order valence-electron chi connectivity index (χ1n) is 5.60. The summed E-state index contributed by atoms with van der Waals surface area (Å²) < 4.78 is 0. The zero-order valence-corrected chi connectivity index (χ0v) is 10.1. The van der Waals surface area contributed by atoms with Crippen LogP contribution < -0.4 is 5.73 Å². The molecule has 2 nitrogen and oxygen atoms in total. The molecule has 0 aliphatic carbocycles. The molecule has 3 N–H and O–H groups in total. The number of rotatable bonds is 2. The van der Waals surface area contributed by atoms with Gasteiger partial charge in [-0.25, -0.2) is 0 Å². The number of hydrogen-bond donors (Lipinski definition) is 2. The van der Waals surface area contributed by atoms with Crippen LogP contribution in [0, 0.1) is 19.3 Å². The molecule has 0 aliphatic heterocycles. The molecular weight excluding hydrogens is 208 g/mol. The first-order valence-corrected chi connectivity index (χ1v) is 5.60. The van der Waals surface area contributed by atoms with Gasteiger partial charge in [0.05, 0.1) is 0 Å². The predicted molar refractivity (Wildman–Crippen MR) is 72.4 cm³/mol. The lowest BCUT2D eigenvalue weighted by Gasteiger charge is -2.10. The smallest absolute Gasteiger partial charge is 0.123 e. The van der Waals surface area contributed by atoms with Gasteiger partial charge >= 0.3 is 0 Å². The number of hydrogen-bond acceptors (Lipinski definition) is 1. The molecule has 0 spiro atoms. The molecule has 0 radical (unpaired) electrons. The van der Waals surface area contributed by atoms with Crippen LogP contribution in [0.15, 0.2) is 42.5 Å². The fourth-order valence-electron chi connectivity index (χ4n) is 2.10. The van der Waals surface area contributed by atoms with Gasteiger partial charge in [-0.15, -0.1) is 0 Å². The second kappa shape index (κ2) is 4.42. The Balaban J connectivity index is 2.64. The highest BCUT2D eigenvalue weighted by molar-refractivity contribution is 6.01. The van der Waals surface area contributed by atoms with Gasteiger partial charge < -0.3 is 5.73 Å². The van der Waals surface area contributed by atoms with Gasteiger partial charge in [-0.3, -0.25) is 5.41 Å². The van der Waals surface area contributed by atoms with Crippen molar-refractivity contribution < 1.29 is 0 Å².